The Bertz CT molecular complexity index is 964. The number of furan rings is 1. The maximum Gasteiger partial charge on any atom is 0.284 e. The van der Waals surface area contributed by atoms with E-state index in [2.05, 4.69) is 15.5 Å². The minimum absolute atomic E-state index is 0.241. The normalized spacial score (nSPS) is 9.68. The predicted octanol–water partition coefficient (Wildman–Crippen LogP) is 4.13. The predicted molar refractivity (Wildman–Crippen MR) is 94.3 cm³/mol. The summed E-state index contributed by atoms with van der Waals surface area (Å²) in [5.41, 5.74) is 2.09. The van der Waals surface area contributed by atoms with Crippen molar-refractivity contribution in [3.8, 4) is 17.5 Å². The Labute approximate surface area is 149 Å². The highest BCUT2D eigenvalue weighted by Gasteiger charge is 2.14. The number of hydrogen-bond donors (Lipinski definition) is 2. The lowest BCUT2D eigenvalue weighted by molar-refractivity contribution is -0.114. The molecule has 3 rings (SSSR count). The van der Waals surface area contributed by atoms with E-state index in [0.717, 1.165) is 11.1 Å². The van der Waals surface area contributed by atoms with E-state index in [4.69, 9.17) is 26.3 Å². The molecule has 0 unspecified atom stereocenters. The zero-order valence-corrected chi connectivity index (χ0v) is 14.7. The lowest BCUT2D eigenvalue weighted by Crippen LogP contribution is -2.05. The van der Waals surface area contributed by atoms with Crippen molar-refractivity contribution in [1.29, 1.82) is 5.26 Å². The van der Waals surface area contributed by atoms with Gasteiger partial charge in [0.05, 0.1) is 0 Å². The zero-order chi connectivity index (χ0) is 18.4. The molecule has 0 aliphatic carbocycles. The van der Waals surface area contributed by atoms with Crippen LogP contribution in [0.2, 0.25) is 0 Å². The summed E-state index contributed by atoms with van der Waals surface area (Å²) in [6, 6.07) is 11.6. The molecule has 0 saturated carbocycles. The second-order valence-electron chi connectivity index (χ2n) is 5.06. The van der Waals surface area contributed by atoms with E-state index in [1.807, 2.05) is 36.4 Å². The van der Waals surface area contributed by atoms with Crippen LogP contribution in [-0.4, -0.2) is 16.1 Å². The molecular formula is C17H16N4O3S. The molecule has 2 heterocycles. The van der Waals surface area contributed by atoms with Crippen LogP contribution in [0.25, 0.3) is 11.5 Å². The molecule has 8 heteroatoms. The zero-order valence-electron chi connectivity index (χ0n) is 13.9. The smallest absolute Gasteiger partial charge is 0.284 e. The molecule has 0 aliphatic heterocycles. The Morgan fingerprint density at radius 3 is 2.48 bits per heavy atom. The van der Waals surface area contributed by atoms with Crippen LogP contribution in [0.1, 0.15) is 23.8 Å². The first-order valence-corrected chi connectivity index (χ1v) is 7.71. The average Bonchev–Trinajstić information content (AvgIpc) is 3.12. The lowest BCUT2D eigenvalue weighted by Gasteiger charge is -1.95. The van der Waals surface area contributed by atoms with Gasteiger partial charge < -0.3 is 8.83 Å². The summed E-state index contributed by atoms with van der Waals surface area (Å²) in [5, 5.41) is 17.7. The number of aromatic nitrogens is 2. The highest BCUT2D eigenvalue weighted by Crippen LogP contribution is 2.24. The number of amides is 1. The van der Waals surface area contributed by atoms with E-state index < -0.39 is 0 Å². The van der Waals surface area contributed by atoms with Crippen molar-refractivity contribution in [2.75, 3.05) is 5.32 Å². The molecule has 0 saturated heterocycles. The lowest BCUT2D eigenvalue weighted by atomic mass is 10.2. The molecule has 0 atom stereocenters. The third kappa shape index (κ3) is 4.65. The van der Waals surface area contributed by atoms with Gasteiger partial charge in [0.1, 0.15) is 17.4 Å². The highest BCUT2D eigenvalue weighted by molar-refractivity contribution is 7.71. The summed E-state index contributed by atoms with van der Waals surface area (Å²) in [6.45, 7) is 4.90. The number of aryl methyl sites for hydroxylation is 1. The van der Waals surface area contributed by atoms with Crippen LogP contribution in [0.3, 0.4) is 0 Å². The van der Waals surface area contributed by atoms with E-state index >= 15 is 0 Å². The monoisotopic (exact) mass is 356 g/mol. The fraction of sp³-hybridized carbons (Fsp3) is 0.176. The highest BCUT2D eigenvalue weighted by atomic mass is 32.1. The minimum atomic E-state index is -0.245. The Hall–Kier alpha value is -3.18. The Morgan fingerprint density at radius 1 is 1.28 bits per heavy atom. The molecule has 25 heavy (non-hydrogen) atoms. The van der Waals surface area contributed by atoms with Gasteiger partial charge in [0.25, 0.3) is 4.84 Å². The summed E-state index contributed by atoms with van der Waals surface area (Å²) < 4.78 is 10.3. The van der Waals surface area contributed by atoms with Crippen LogP contribution in [-0.2, 0) is 4.79 Å². The SMILES string of the molecule is CC(=O)Nc1oc(C)c(C)c1C#N.S=c1[nH]nc(-c2ccccc2)o1. The van der Waals surface area contributed by atoms with Crippen molar-refractivity contribution in [2.24, 2.45) is 0 Å². The summed E-state index contributed by atoms with van der Waals surface area (Å²) >= 11 is 4.75. The molecule has 0 aliphatic rings. The van der Waals surface area contributed by atoms with Gasteiger partial charge in [0.2, 0.25) is 17.7 Å². The van der Waals surface area contributed by atoms with Gasteiger partial charge in [-0.15, -0.1) is 5.10 Å². The molecule has 2 N–H and O–H groups in total. The van der Waals surface area contributed by atoms with Crippen molar-refractivity contribution in [2.45, 2.75) is 20.8 Å². The van der Waals surface area contributed by atoms with Crippen LogP contribution in [0, 0.1) is 30.0 Å². The number of aromatic amines is 1. The van der Waals surface area contributed by atoms with Gasteiger partial charge in [0.15, 0.2) is 0 Å². The Balaban J connectivity index is 0.000000181. The molecule has 0 spiro atoms. The van der Waals surface area contributed by atoms with Crippen LogP contribution < -0.4 is 5.32 Å². The second kappa shape index (κ2) is 8.08. The van der Waals surface area contributed by atoms with Gasteiger partial charge in [-0.05, 0) is 38.2 Å². The minimum Gasteiger partial charge on any atom is -0.444 e. The molecule has 3 aromatic rings. The number of rotatable bonds is 2. The van der Waals surface area contributed by atoms with Gasteiger partial charge >= 0.3 is 0 Å². The summed E-state index contributed by atoms with van der Waals surface area (Å²) in [4.78, 5) is 11.0. The first-order chi connectivity index (χ1) is 11.9. The number of hydrogen-bond acceptors (Lipinski definition) is 6. The van der Waals surface area contributed by atoms with E-state index in [9.17, 15) is 4.79 Å². The number of benzene rings is 1. The van der Waals surface area contributed by atoms with Crippen LogP contribution in [0.4, 0.5) is 5.88 Å². The van der Waals surface area contributed by atoms with Gasteiger partial charge in [-0.3, -0.25) is 10.1 Å². The molecule has 7 nitrogen and oxygen atoms in total. The maximum absolute atomic E-state index is 10.7. The van der Waals surface area contributed by atoms with E-state index in [1.165, 1.54) is 6.92 Å². The molecule has 0 bridgehead atoms. The molecular weight excluding hydrogens is 340 g/mol. The first kappa shape index (κ1) is 18.2. The van der Waals surface area contributed by atoms with Crippen LogP contribution >= 0.6 is 12.2 Å². The standard InChI is InChI=1S/C9H10N2O2.C8H6N2OS/c1-5-6(2)13-9(8(5)4-10)11-7(3)12;12-8-10-9-7(11-8)6-4-2-1-3-5-6/h1-3H3,(H,11,12);1-5H,(H,10,12). The van der Waals surface area contributed by atoms with Gasteiger partial charge in [0, 0.05) is 18.1 Å². The van der Waals surface area contributed by atoms with Crippen molar-refractivity contribution in [1.82, 2.24) is 10.2 Å². The Morgan fingerprint density at radius 2 is 1.96 bits per heavy atom. The van der Waals surface area contributed by atoms with Gasteiger partial charge in [-0.1, -0.05) is 18.2 Å². The quantitative estimate of drug-likeness (QED) is 0.669. The van der Waals surface area contributed by atoms with E-state index in [0.29, 0.717) is 22.1 Å². The van der Waals surface area contributed by atoms with Crippen molar-refractivity contribution >= 4 is 24.0 Å². The van der Waals surface area contributed by atoms with Crippen LogP contribution in [0.5, 0.6) is 0 Å². The molecule has 0 fully saturated rings. The summed E-state index contributed by atoms with van der Waals surface area (Å²) in [6.07, 6.45) is 0. The number of H-pyrrole nitrogens is 1. The van der Waals surface area contributed by atoms with E-state index in [-0.39, 0.29) is 11.8 Å². The summed E-state index contributed by atoms with van der Waals surface area (Å²) in [7, 11) is 0. The number of nitrogens with zero attached hydrogens (tertiary/aromatic N) is 2. The van der Waals surface area contributed by atoms with Gasteiger partial charge in [-0.2, -0.15) is 5.26 Å². The number of carbonyl (C=O) groups is 1. The number of nitrogens with one attached hydrogen (secondary N) is 2. The third-order valence-corrected chi connectivity index (χ3v) is 3.42. The molecule has 2 aromatic heterocycles. The first-order valence-electron chi connectivity index (χ1n) is 7.31. The fourth-order valence-electron chi connectivity index (χ4n) is 1.94. The number of anilines is 1. The number of nitriles is 1. The molecule has 1 aromatic carbocycles. The van der Waals surface area contributed by atoms with Crippen molar-refractivity contribution in [3.63, 3.8) is 0 Å². The van der Waals surface area contributed by atoms with Gasteiger partial charge in [-0.25, -0.2) is 5.10 Å². The largest absolute Gasteiger partial charge is 0.444 e. The van der Waals surface area contributed by atoms with Crippen molar-refractivity contribution in [3.05, 3.63) is 52.1 Å². The average molecular weight is 356 g/mol. The maximum atomic E-state index is 10.7. The molecule has 1 amide bonds. The second-order valence-corrected chi connectivity index (χ2v) is 5.44. The Kier molecular flexibility index (Phi) is 5.87. The van der Waals surface area contributed by atoms with Crippen molar-refractivity contribution < 1.29 is 13.6 Å². The fourth-order valence-corrected chi connectivity index (χ4v) is 2.07. The topological polar surface area (TPSA) is 108 Å². The number of carbonyl (C=O) groups excluding carboxylic acids is 1. The third-order valence-electron chi connectivity index (χ3n) is 3.25. The molecule has 0 radical (unpaired) electrons. The van der Waals surface area contributed by atoms with E-state index in [1.54, 1.807) is 13.8 Å². The molecule has 128 valence electrons. The van der Waals surface area contributed by atoms with Crippen LogP contribution in [0.15, 0.2) is 39.2 Å². The summed E-state index contributed by atoms with van der Waals surface area (Å²) in [5.74, 6) is 1.18.